The maximum Gasteiger partial charge on any atom is 0.323 e. The second-order valence-corrected chi connectivity index (χ2v) is 6.14. The van der Waals surface area contributed by atoms with Crippen LogP contribution in [0.2, 0.25) is 10.0 Å². The van der Waals surface area contributed by atoms with Gasteiger partial charge >= 0.3 is 6.03 Å². The van der Waals surface area contributed by atoms with Crippen molar-refractivity contribution in [2.24, 2.45) is 0 Å². The Balaban J connectivity index is 1.78. The number of halogens is 2. The largest absolute Gasteiger partial charge is 0.323 e. The number of hydrogen-bond donors (Lipinski definition) is 2. The summed E-state index contributed by atoms with van der Waals surface area (Å²) >= 11 is 11.9. The number of carbonyl (C=O) groups excluding carboxylic acids is 1. The quantitative estimate of drug-likeness (QED) is 0.659. The van der Waals surface area contributed by atoms with E-state index in [4.69, 9.17) is 23.2 Å². The molecule has 2 amide bonds. The van der Waals surface area contributed by atoms with Gasteiger partial charge in [0.2, 0.25) is 0 Å². The molecule has 0 aliphatic rings. The van der Waals surface area contributed by atoms with Crippen LogP contribution >= 0.6 is 23.2 Å². The Hall–Kier alpha value is -2.37. The molecule has 1 heterocycles. The lowest BCUT2D eigenvalue weighted by Crippen LogP contribution is -2.19. The molecule has 0 aliphatic carbocycles. The zero-order valence-corrected chi connectivity index (χ0v) is 14.5. The second-order valence-electron chi connectivity index (χ2n) is 5.30. The molecule has 5 nitrogen and oxygen atoms in total. The highest BCUT2D eigenvalue weighted by Gasteiger charge is 2.08. The van der Waals surface area contributed by atoms with Crippen molar-refractivity contribution >= 4 is 51.6 Å². The zero-order valence-electron chi connectivity index (χ0n) is 13.0. The summed E-state index contributed by atoms with van der Waals surface area (Å²) in [5.41, 5.74) is 4.34. The molecular weight excluding hydrogens is 347 g/mol. The summed E-state index contributed by atoms with van der Waals surface area (Å²) in [6.07, 6.45) is 0. The van der Waals surface area contributed by atoms with Crippen molar-refractivity contribution in [3.63, 3.8) is 0 Å². The van der Waals surface area contributed by atoms with E-state index in [1.165, 1.54) is 0 Å². The molecule has 0 saturated heterocycles. The predicted molar refractivity (Wildman–Crippen MR) is 98.1 cm³/mol. The average molecular weight is 361 g/mol. The third-order valence-electron chi connectivity index (χ3n) is 3.51. The summed E-state index contributed by atoms with van der Waals surface area (Å²) < 4.78 is 0. The molecule has 1 aromatic heterocycles. The molecule has 0 aliphatic heterocycles. The SMILES string of the molecule is Cc1nc2ccc(NC(=O)Nc3ccc(Cl)cc3Cl)cc2nc1C. The first kappa shape index (κ1) is 16.5. The first-order chi connectivity index (χ1) is 11.4. The van der Waals surface area contributed by atoms with Crippen molar-refractivity contribution in [1.82, 2.24) is 9.97 Å². The Kier molecular flexibility index (Phi) is 4.55. The number of nitrogens with zero attached hydrogens (tertiary/aromatic N) is 2. The van der Waals surface area contributed by atoms with Gasteiger partial charge in [-0.25, -0.2) is 14.8 Å². The van der Waals surface area contributed by atoms with Crippen LogP contribution in [0.15, 0.2) is 36.4 Å². The van der Waals surface area contributed by atoms with Crippen LogP contribution in [0.4, 0.5) is 16.2 Å². The molecule has 2 N–H and O–H groups in total. The molecule has 3 aromatic rings. The van der Waals surface area contributed by atoms with Gasteiger partial charge in [-0.3, -0.25) is 0 Å². The van der Waals surface area contributed by atoms with E-state index in [-0.39, 0.29) is 0 Å². The van der Waals surface area contributed by atoms with Crippen LogP contribution in [0.1, 0.15) is 11.4 Å². The summed E-state index contributed by atoms with van der Waals surface area (Å²) in [7, 11) is 0. The van der Waals surface area contributed by atoms with Gasteiger partial charge in [0.05, 0.1) is 33.1 Å². The number of anilines is 2. The van der Waals surface area contributed by atoms with E-state index < -0.39 is 6.03 Å². The molecule has 0 spiro atoms. The fraction of sp³-hybridized carbons (Fsp3) is 0.118. The van der Waals surface area contributed by atoms with Gasteiger partial charge in [-0.15, -0.1) is 0 Å². The molecule has 0 radical (unpaired) electrons. The minimum Gasteiger partial charge on any atom is -0.308 e. The Morgan fingerprint density at radius 1 is 0.917 bits per heavy atom. The lowest BCUT2D eigenvalue weighted by molar-refractivity contribution is 0.262. The normalized spacial score (nSPS) is 10.7. The molecule has 0 atom stereocenters. The van der Waals surface area contributed by atoms with Gasteiger partial charge in [-0.2, -0.15) is 0 Å². The molecule has 3 rings (SSSR count). The highest BCUT2D eigenvalue weighted by molar-refractivity contribution is 6.36. The maximum absolute atomic E-state index is 12.1. The fourth-order valence-electron chi connectivity index (χ4n) is 2.18. The highest BCUT2D eigenvalue weighted by atomic mass is 35.5. The van der Waals surface area contributed by atoms with Crippen molar-refractivity contribution in [2.75, 3.05) is 10.6 Å². The molecule has 0 saturated carbocycles. The summed E-state index contributed by atoms with van der Waals surface area (Å²) in [6, 6.07) is 9.82. The third-order valence-corrected chi connectivity index (χ3v) is 4.06. The summed E-state index contributed by atoms with van der Waals surface area (Å²) in [5, 5.41) is 6.30. The first-order valence-corrected chi connectivity index (χ1v) is 7.96. The number of amides is 2. The van der Waals surface area contributed by atoms with Gasteiger partial charge in [0, 0.05) is 10.7 Å². The average Bonchev–Trinajstić information content (AvgIpc) is 2.51. The zero-order chi connectivity index (χ0) is 17.3. The summed E-state index contributed by atoms with van der Waals surface area (Å²) in [4.78, 5) is 21.1. The van der Waals surface area contributed by atoms with Crippen LogP contribution in [0.5, 0.6) is 0 Å². The number of urea groups is 1. The predicted octanol–water partition coefficient (Wildman–Crippen LogP) is 5.20. The number of carbonyl (C=O) groups is 1. The minimum atomic E-state index is -0.407. The van der Waals surface area contributed by atoms with Crippen molar-refractivity contribution in [2.45, 2.75) is 13.8 Å². The van der Waals surface area contributed by atoms with E-state index in [1.807, 2.05) is 19.9 Å². The van der Waals surface area contributed by atoms with Crippen LogP contribution in [-0.2, 0) is 0 Å². The van der Waals surface area contributed by atoms with Crippen molar-refractivity contribution in [3.8, 4) is 0 Å². The van der Waals surface area contributed by atoms with E-state index in [9.17, 15) is 4.79 Å². The highest BCUT2D eigenvalue weighted by Crippen LogP contribution is 2.25. The maximum atomic E-state index is 12.1. The summed E-state index contributed by atoms with van der Waals surface area (Å²) in [5.74, 6) is 0. The Morgan fingerprint density at radius 2 is 1.62 bits per heavy atom. The third kappa shape index (κ3) is 3.58. The number of aromatic nitrogens is 2. The molecule has 7 heteroatoms. The number of hydrogen-bond acceptors (Lipinski definition) is 3. The van der Waals surface area contributed by atoms with E-state index >= 15 is 0 Å². The molecule has 0 unspecified atom stereocenters. The topological polar surface area (TPSA) is 66.9 Å². The molecule has 2 aromatic carbocycles. The van der Waals surface area contributed by atoms with Gasteiger partial charge in [0.1, 0.15) is 0 Å². The van der Waals surface area contributed by atoms with Gasteiger partial charge < -0.3 is 10.6 Å². The lowest BCUT2D eigenvalue weighted by atomic mass is 10.2. The second kappa shape index (κ2) is 6.63. The monoisotopic (exact) mass is 360 g/mol. The van der Waals surface area contributed by atoms with Crippen molar-refractivity contribution in [1.29, 1.82) is 0 Å². The van der Waals surface area contributed by atoms with E-state index in [2.05, 4.69) is 20.6 Å². The van der Waals surface area contributed by atoms with E-state index in [0.717, 1.165) is 22.4 Å². The number of aryl methyl sites for hydroxylation is 2. The fourth-order valence-corrected chi connectivity index (χ4v) is 2.64. The van der Waals surface area contributed by atoms with Gasteiger partial charge in [-0.05, 0) is 50.2 Å². The van der Waals surface area contributed by atoms with Gasteiger partial charge in [0.15, 0.2) is 0 Å². The van der Waals surface area contributed by atoms with E-state index in [0.29, 0.717) is 21.4 Å². The molecule has 0 bridgehead atoms. The van der Waals surface area contributed by atoms with E-state index in [1.54, 1.807) is 30.3 Å². The number of rotatable bonds is 2. The minimum absolute atomic E-state index is 0.369. The standard InChI is InChI=1S/C17H14Cl2N4O/c1-9-10(2)21-16-8-12(4-6-15(16)20-9)22-17(24)23-14-5-3-11(18)7-13(14)19/h3-8H,1-2H3,(H2,22,23,24). The number of nitrogens with one attached hydrogen (secondary N) is 2. The van der Waals surface area contributed by atoms with Crippen molar-refractivity contribution < 1.29 is 4.79 Å². The summed E-state index contributed by atoms with van der Waals surface area (Å²) in [6.45, 7) is 3.81. The van der Waals surface area contributed by atoms with Crippen LogP contribution in [-0.4, -0.2) is 16.0 Å². The van der Waals surface area contributed by atoms with Crippen LogP contribution < -0.4 is 10.6 Å². The van der Waals surface area contributed by atoms with Crippen LogP contribution in [0.3, 0.4) is 0 Å². The van der Waals surface area contributed by atoms with Gasteiger partial charge in [0.25, 0.3) is 0 Å². The first-order valence-electron chi connectivity index (χ1n) is 7.20. The van der Waals surface area contributed by atoms with Crippen LogP contribution in [0, 0.1) is 13.8 Å². The number of benzene rings is 2. The van der Waals surface area contributed by atoms with Crippen molar-refractivity contribution in [3.05, 3.63) is 57.8 Å². The van der Waals surface area contributed by atoms with Crippen LogP contribution in [0.25, 0.3) is 11.0 Å². The Bertz CT molecular complexity index is 943. The Morgan fingerprint density at radius 3 is 2.33 bits per heavy atom. The Labute approximate surface area is 149 Å². The molecule has 24 heavy (non-hydrogen) atoms. The van der Waals surface area contributed by atoms with Gasteiger partial charge in [-0.1, -0.05) is 23.2 Å². The number of fused-ring (bicyclic) bond motifs is 1. The smallest absolute Gasteiger partial charge is 0.308 e. The lowest BCUT2D eigenvalue weighted by Gasteiger charge is -2.10. The molecular formula is C17H14Cl2N4O. The molecule has 122 valence electrons. The molecule has 0 fully saturated rings.